The number of ketones is 1. The third-order valence-corrected chi connectivity index (χ3v) is 4.81. The van der Waals surface area contributed by atoms with Crippen LogP contribution in [-0.4, -0.2) is 29.7 Å². The van der Waals surface area contributed by atoms with Gasteiger partial charge >= 0.3 is 0 Å². The minimum absolute atomic E-state index is 0.01000. The lowest BCUT2D eigenvalue weighted by Gasteiger charge is -2.10. The Balaban J connectivity index is 2.12. The Morgan fingerprint density at radius 2 is 1.97 bits per heavy atom. The number of hydrogen-bond donors (Lipinski definition) is 1. The van der Waals surface area contributed by atoms with E-state index in [0.29, 0.717) is 28.3 Å². The number of aryl methyl sites for hydroxylation is 2. The van der Waals surface area contributed by atoms with Gasteiger partial charge in [-0.25, -0.2) is 0 Å². The number of carbonyl (C=O) groups is 3. The summed E-state index contributed by atoms with van der Waals surface area (Å²) in [7, 11) is 1.50. The molecule has 0 saturated carbocycles. The summed E-state index contributed by atoms with van der Waals surface area (Å²) in [5.74, 6) is 0.559. The number of thioether (sulfide) groups is 1. The Bertz CT molecular complexity index is 952. The van der Waals surface area contributed by atoms with E-state index in [4.69, 9.17) is 9.15 Å². The molecule has 0 atom stereocenters. The van der Waals surface area contributed by atoms with Gasteiger partial charge in [0, 0.05) is 0 Å². The van der Waals surface area contributed by atoms with Gasteiger partial charge < -0.3 is 14.5 Å². The van der Waals surface area contributed by atoms with Crippen LogP contribution in [-0.2, 0) is 9.59 Å². The number of allylic oxidation sites excluding steroid dienone is 2. The van der Waals surface area contributed by atoms with Crippen LogP contribution in [0, 0.1) is 13.8 Å². The first-order valence-corrected chi connectivity index (χ1v) is 9.88. The zero-order valence-corrected chi connectivity index (χ0v) is 17.6. The number of amides is 1. The number of benzene rings is 1. The number of anilines is 1. The van der Waals surface area contributed by atoms with Crippen molar-refractivity contribution >= 4 is 40.3 Å². The van der Waals surface area contributed by atoms with Crippen LogP contribution in [0.4, 0.5) is 5.69 Å². The van der Waals surface area contributed by atoms with Crippen LogP contribution in [0.25, 0.3) is 6.08 Å². The molecule has 2 rings (SSSR count). The van der Waals surface area contributed by atoms with Gasteiger partial charge in [0.15, 0.2) is 5.78 Å². The van der Waals surface area contributed by atoms with Crippen molar-refractivity contribution in [1.29, 1.82) is 0 Å². The van der Waals surface area contributed by atoms with Gasteiger partial charge in [-0.15, -0.1) is 0 Å². The molecule has 1 N–H and O–H groups in total. The van der Waals surface area contributed by atoms with E-state index in [0.717, 1.165) is 17.3 Å². The van der Waals surface area contributed by atoms with Crippen LogP contribution in [0.5, 0.6) is 5.75 Å². The normalized spacial score (nSPS) is 11.2. The lowest BCUT2D eigenvalue weighted by molar-refractivity contribution is -0.114. The van der Waals surface area contributed by atoms with E-state index < -0.39 is 0 Å². The molecule has 1 aromatic heterocycles. The molecule has 1 heterocycles. The van der Waals surface area contributed by atoms with Crippen molar-refractivity contribution in [3.05, 3.63) is 65.1 Å². The smallest absolute Gasteiger partial charge is 0.234 e. The van der Waals surface area contributed by atoms with Crippen molar-refractivity contribution < 1.29 is 23.5 Å². The van der Waals surface area contributed by atoms with Crippen LogP contribution in [0.15, 0.2) is 47.1 Å². The lowest BCUT2D eigenvalue weighted by Crippen LogP contribution is -2.15. The third-order valence-electron chi connectivity index (χ3n) is 3.98. The van der Waals surface area contributed by atoms with E-state index >= 15 is 0 Å². The highest BCUT2D eigenvalue weighted by Crippen LogP contribution is 2.26. The molecule has 152 valence electrons. The predicted molar refractivity (Wildman–Crippen MR) is 115 cm³/mol. The van der Waals surface area contributed by atoms with E-state index in [-0.39, 0.29) is 22.6 Å². The van der Waals surface area contributed by atoms with Gasteiger partial charge in [0.2, 0.25) is 11.0 Å². The summed E-state index contributed by atoms with van der Waals surface area (Å²) in [6, 6.07) is 5.18. The summed E-state index contributed by atoms with van der Waals surface area (Å²) in [6.07, 6.45) is 7.71. The molecule has 7 heteroatoms. The van der Waals surface area contributed by atoms with Gasteiger partial charge in [0.25, 0.3) is 0 Å². The first-order chi connectivity index (χ1) is 13.8. The summed E-state index contributed by atoms with van der Waals surface area (Å²) in [4.78, 5) is 36.1. The quantitative estimate of drug-likeness (QED) is 0.504. The second-order valence-electron chi connectivity index (χ2n) is 6.16. The molecule has 6 nitrogen and oxygen atoms in total. The summed E-state index contributed by atoms with van der Waals surface area (Å²) < 4.78 is 10.5. The molecule has 0 unspecified atom stereocenters. The molecular formula is C22H23NO5S. The molecule has 2 aromatic rings. The Morgan fingerprint density at radius 3 is 2.59 bits per heavy atom. The topological polar surface area (TPSA) is 85.6 Å². The zero-order valence-electron chi connectivity index (χ0n) is 16.8. The molecule has 0 aliphatic heterocycles. The Morgan fingerprint density at radius 1 is 1.21 bits per heavy atom. The van der Waals surface area contributed by atoms with Crippen molar-refractivity contribution in [3.63, 3.8) is 0 Å². The van der Waals surface area contributed by atoms with Gasteiger partial charge in [0.1, 0.15) is 11.5 Å². The third kappa shape index (κ3) is 6.22. The number of furan rings is 1. The molecule has 0 aliphatic carbocycles. The summed E-state index contributed by atoms with van der Waals surface area (Å²) in [6.45, 7) is 5.30. The number of nitrogens with one attached hydrogen (secondary N) is 1. The molecule has 0 aliphatic rings. The van der Waals surface area contributed by atoms with E-state index in [9.17, 15) is 14.4 Å². The molecule has 29 heavy (non-hydrogen) atoms. The highest BCUT2D eigenvalue weighted by atomic mass is 32.2. The largest absolute Gasteiger partial charge is 0.495 e. The molecule has 1 amide bonds. The van der Waals surface area contributed by atoms with Crippen molar-refractivity contribution in [2.45, 2.75) is 20.8 Å². The van der Waals surface area contributed by atoms with Gasteiger partial charge in [-0.1, -0.05) is 30.0 Å². The molecule has 0 saturated heterocycles. The van der Waals surface area contributed by atoms with Gasteiger partial charge in [-0.3, -0.25) is 14.4 Å². The second kappa shape index (κ2) is 10.5. The highest BCUT2D eigenvalue weighted by molar-refractivity contribution is 8.14. The molecule has 0 fully saturated rings. The van der Waals surface area contributed by atoms with E-state index in [2.05, 4.69) is 5.32 Å². The van der Waals surface area contributed by atoms with E-state index in [1.54, 1.807) is 50.5 Å². The Hall–Kier alpha value is -3.06. The maximum Gasteiger partial charge on any atom is 0.234 e. The summed E-state index contributed by atoms with van der Waals surface area (Å²) in [5.41, 5.74) is 2.50. The van der Waals surface area contributed by atoms with Crippen molar-refractivity contribution in [3.8, 4) is 5.75 Å². The number of carbonyl (C=O) groups excluding carboxylic acids is 3. The van der Waals surface area contributed by atoms with Crippen molar-refractivity contribution in [2.24, 2.45) is 0 Å². The number of hydrogen-bond acceptors (Lipinski definition) is 6. The minimum Gasteiger partial charge on any atom is -0.495 e. The second-order valence-corrected chi connectivity index (χ2v) is 7.14. The Labute approximate surface area is 174 Å². The molecule has 0 radical (unpaired) electrons. The fraction of sp³-hybridized carbons (Fsp3) is 0.227. The van der Waals surface area contributed by atoms with E-state index in [1.807, 2.05) is 6.92 Å². The van der Waals surface area contributed by atoms with Gasteiger partial charge in [-0.05, 0) is 56.2 Å². The standard InChI is InChI=1S/C22H23NO5S/c1-5-6-21(26)29-13-20(25)23-17-11-16(8-10-19(17)27-4)7-9-18(24)22-14(2)12-28-15(22)3/h5-12H,13H2,1-4H3,(H,23,25)/b6-5+,9-7+. The monoisotopic (exact) mass is 413 g/mol. The highest BCUT2D eigenvalue weighted by Gasteiger charge is 2.13. The van der Waals surface area contributed by atoms with Crippen LogP contribution in [0.3, 0.4) is 0 Å². The van der Waals surface area contributed by atoms with Crippen LogP contribution >= 0.6 is 11.8 Å². The lowest BCUT2D eigenvalue weighted by atomic mass is 10.1. The first kappa shape index (κ1) is 22.2. The zero-order chi connectivity index (χ0) is 21.4. The summed E-state index contributed by atoms with van der Waals surface area (Å²) >= 11 is 0.915. The van der Waals surface area contributed by atoms with Crippen LogP contribution in [0.1, 0.15) is 34.2 Å². The number of rotatable bonds is 8. The first-order valence-electron chi connectivity index (χ1n) is 8.90. The minimum atomic E-state index is -0.326. The maximum atomic E-state index is 12.4. The van der Waals surface area contributed by atoms with Crippen LogP contribution < -0.4 is 10.1 Å². The fourth-order valence-electron chi connectivity index (χ4n) is 2.63. The molecular weight excluding hydrogens is 390 g/mol. The average molecular weight is 413 g/mol. The SMILES string of the molecule is C/C=C/C(=O)SCC(=O)Nc1cc(/C=C/C(=O)c2c(C)coc2C)ccc1OC. The average Bonchev–Trinajstić information content (AvgIpc) is 3.03. The predicted octanol–water partition coefficient (Wildman–Crippen LogP) is 4.58. The molecule has 0 bridgehead atoms. The van der Waals surface area contributed by atoms with Crippen molar-refractivity contribution in [2.75, 3.05) is 18.2 Å². The van der Waals surface area contributed by atoms with Gasteiger partial charge in [-0.2, -0.15) is 0 Å². The molecule has 0 spiro atoms. The molecule has 1 aromatic carbocycles. The number of methoxy groups -OCH3 is 1. The fourth-order valence-corrected chi connectivity index (χ4v) is 3.21. The summed E-state index contributed by atoms with van der Waals surface area (Å²) in [5, 5.41) is 2.55. The van der Waals surface area contributed by atoms with Crippen molar-refractivity contribution in [1.82, 2.24) is 0 Å². The maximum absolute atomic E-state index is 12.4. The van der Waals surface area contributed by atoms with Crippen LogP contribution in [0.2, 0.25) is 0 Å². The number of ether oxygens (including phenoxy) is 1. The van der Waals surface area contributed by atoms with Gasteiger partial charge in [0.05, 0.1) is 30.4 Å². The van der Waals surface area contributed by atoms with E-state index in [1.165, 1.54) is 19.3 Å². The Kier molecular flexibility index (Phi) is 8.03.